The normalized spacial score (nSPS) is 20.5. The van der Waals surface area contributed by atoms with Gasteiger partial charge in [0.25, 0.3) is 0 Å². The van der Waals surface area contributed by atoms with Crippen LogP contribution in [0.4, 0.5) is 0 Å². The molecule has 9 rings (SSSR count). The molecule has 0 spiro atoms. The first-order chi connectivity index (χ1) is 53.5. The minimum Gasteiger partial charge on any atom is -0.464 e. The van der Waals surface area contributed by atoms with Crippen LogP contribution in [0.5, 0.6) is 0 Å². The largest absolute Gasteiger partial charge is 0.464 e. The number of allylic oxidation sites excluding steroid dienone is 4. The molecule has 8 amide bonds. The van der Waals surface area contributed by atoms with Gasteiger partial charge in [0.15, 0.2) is 12.2 Å². The summed E-state index contributed by atoms with van der Waals surface area (Å²) in [4.78, 5) is 159. The van der Waals surface area contributed by atoms with Crippen LogP contribution in [0.15, 0.2) is 96.3 Å². The van der Waals surface area contributed by atoms with Gasteiger partial charge in [0.05, 0.1) is 68.3 Å². The van der Waals surface area contributed by atoms with Gasteiger partial charge in [-0.25, -0.2) is 14.3 Å². The molecule has 2 aliphatic heterocycles. The van der Waals surface area contributed by atoms with Crippen LogP contribution in [0.1, 0.15) is 200 Å². The van der Waals surface area contributed by atoms with E-state index >= 15 is 0 Å². The second kappa shape index (κ2) is 43.9. The lowest BCUT2D eigenvalue weighted by atomic mass is 9.80. The number of fused-ring (bicyclic) bond motifs is 10. The predicted octanol–water partition coefficient (Wildman–Crippen LogP) is 10.2. The molecule has 3 aromatic rings. The van der Waals surface area contributed by atoms with Crippen molar-refractivity contribution in [3.05, 3.63) is 118 Å². The number of benzene rings is 2. The predicted molar refractivity (Wildman–Crippen MR) is 416 cm³/mol. The van der Waals surface area contributed by atoms with Crippen molar-refractivity contribution in [3.8, 4) is 12.3 Å². The molecule has 6 aliphatic rings. The number of nitrogens with zero attached hydrogens (tertiary/aromatic N) is 10. The van der Waals surface area contributed by atoms with E-state index in [1.165, 1.54) is 24.0 Å². The number of azide groups is 1. The number of Topliss-reactive ketones (excluding diaryl/α,β-unsaturated/α-hetero) is 2. The molecule has 28 heteroatoms. The molecule has 6 unspecified atom stereocenters. The number of amides is 8. The zero-order valence-corrected chi connectivity index (χ0v) is 67.0. The fourth-order valence-corrected chi connectivity index (χ4v) is 15.2. The Hall–Kier alpha value is -9.71. The number of ketones is 2. The summed E-state index contributed by atoms with van der Waals surface area (Å²) in [5.74, 6) is 1.000. The zero-order chi connectivity index (χ0) is 81.7. The van der Waals surface area contributed by atoms with Gasteiger partial charge in [0, 0.05) is 94.9 Å². The summed E-state index contributed by atoms with van der Waals surface area (Å²) in [5, 5.41) is 18.2. The Bertz CT molecular complexity index is 3820. The van der Waals surface area contributed by atoms with Gasteiger partial charge >= 0.3 is 11.9 Å². The van der Waals surface area contributed by atoms with Crippen molar-refractivity contribution >= 4 is 70.8 Å². The van der Waals surface area contributed by atoms with Gasteiger partial charge < -0.3 is 39.4 Å². The van der Waals surface area contributed by atoms with Crippen molar-refractivity contribution in [2.24, 2.45) is 63.3 Å². The van der Waals surface area contributed by atoms with Crippen LogP contribution in [0.2, 0.25) is 0 Å². The van der Waals surface area contributed by atoms with Crippen LogP contribution in [-0.2, 0) is 83.0 Å². The number of carbonyl (C=O) groups excluding carboxylic acids is 12. The molecule has 12 atom stereocenters. The molecule has 3 heterocycles. The lowest BCUT2D eigenvalue weighted by Crippen LogP contribution is -2.34. The van der Waals surface area contributed by atoms with Gasteiger partial charge in [-0.2, -0.15) is 0 Å². The van der Waals surface area contributed by atoms with E-state index in [-0.39, 0.29) is 170 Å². The van der Waals surface area contributed by atoms with Crippen molar-refractivity contribution in [1.29, 1.82) is 0 Å². The zero-order valence-electron chi connectivity index (χ0n) is 67.0. The number of hydrogen-bond acceptors (Lipinski definition) is 19. The minimum atomic E-state index is -0.661. The first kappa shape index (κ1) is 89.5. The Morgan fingerprint density at radius 2 is 1.00 bits per heavy atom. The van der Waals surface area contributed by atoms with Crippen molar-refractivity contribution in [2.75, 3.05) is 73.2 Å². The van der Waals surface area contributed by atoms with Crippen LogP contribution in [0.3, 0.4) is 0 Å². The molecule has 1 aromatic heterocycles. The average molecular weight is 1550 g/mol. The number of likely N-dealkylation sites (tertiary alicyclic amines) is 2. The molecule has 4 aliphatic carbocycles. The standard InChI is InChI=1S/C42H58N6O8.C29H41N3O7.C13H17N3O/c1-28(55-5)41(54)56-23-13-20-43-35(50)18-19-36(51)46(21-11-6-7-12-22-47-39(52)37-31-16-17-32(24-31)38(37)40(47)53)26-33-27-48(45-44-33)34(25-42(3,4)29(2)49)30-14-9-8-10-15-30;1-4-15-31(24(34)13-12-23(33)30-14-9-18-39-29(37)20(2)38-3)16-7-5-6-8-17-32-27(35)25-21-10-11-22(19-21)26(25)28(32)36;1-10(17)13(2,3)9-12(15-16-14)11-7-5-4-6-8-11/h8-10,14-17,27-28,31-32,34,37-38H,6-7,11-13,18-26H2,1-5H3,(H,43,50);1,10-11,20-22,25-26H,5-9,12-19H2,2-3H3,(H,30,33);4-8,12H,9H2,1-3H3/t28?,31-,32+,34?,37+,38?;20?,21-,22+,25+,26?;/m11./s1. The van der Waals surface area contributed by atoms with Gasteiger partial charge in [0.1, 0.15) is 17.3 Å². The van der Waals surface area contributed by atoms with E-state index < -0.39 is 35.0 Å². The third kappa shape index (κ3) is 25.4. The number of imide groups is 2. The molecule has 0 radical (unpaired) electrons. The van der Waals surface area contributed by atoms with Crippen LogP contribution in [0.25, 0.3) is 10.4 Å². The van der Waals surface area contributed by atoms with Crippen LogP contribution in [0, 0.1) is 70.5 Å². The van der Waals surface area contributed by atoms with E-state index in [1.807, 2.05) is 94.6 Å². The highest BCUT2D eigenvalue weighted by Gasteiger charge is 2.60. The van der Waals surface area contributed by atoms with Crippen molar-refractivity contribution < 1.29 is 76.5 Å². The molecular formula is C84H116N12O16. The van der Waals surface area contributed by atoms with E-state index in [0.29, 0.717) is 83.5 Å². The summed E-state index contributed by atoms with van der Waals surface area (Å²) in [6.45, 7) is 17.1. The summed E-state index contributed by atoms with van der Waals surface area (Å²) in [6.07, 6.45) is 24.4. The SMILES string of the molecule is C#CCN(CCCCCCN1C(=O)C2[C@@H](C1=O)[C@@H]1C=C[C@H]2C1)C(=O)CCC(=O)NCCCOC(=O)C(C)OC.CC(=O)C(C)(C)CC(N=[N+]=[N-])c1ccccc1.COC(C)C(=O)OCCCNC(=O)CCC(=O)N(CCCCCCN1C(=O)C2[C@@H](C1=O)[C@@H]1C=C[C@H]2C1)Cc1cn(C(CC(C)(C)C(C)=O)c2ccccc2)nn1. The number of methoxy groups -OCH3 is 2. The molecule has 2 saturated heterocycles. The number of aromatic nitrogens is 3. The van der Waals surface area contributed by atoms with Crippen LogP contribution >= 0.6 is 0 Å². The maximum Gasteiger partial charge on any atom is 0.334 e. The van der Waals surface area contributed by atoms with Gasteiger partial charge in [0.2, 0.25) is 47.3 Å². The van der Waals surface area contributed by atoms with Crippen molar-refractivity contribution in [1.82, 2.24) is 45.2 Å². The van der Waals surface area contributed by atoms with E-state index in [2.05, 4.69) is 61.2 Å². The number of unbranched alkanes of at least 4 members (excludes halogenated alkanes) is 6. The van der Waals surface area contributed by atoms with Crippen LogP contribution in [-0.4, -0.2) is 191 Å². The Kier molecular flexibility index (Phi) is 35.1. The number of esters is 2. The third-order valence-corrected chi connectivity index (χ3v) is 22.6. The van der Waals surface area contributed by atoms with Gasteiger partial charge in [-0.3, -0.25) is 57.7 Å². The third-order valence-electron chi connectivity index (χ3n) is 22.6. The Balaban J connectivity index is 0.000000267. The Labute approximate surface area is 658 Å². The molecule has 2 N–H and O–H groups in total. The first-order valence-electron chi connectivity index (χ1n) is 39.6. The Morgan fingerprint density at radius 3 is 1.42 bits per heavy atom. The number of terminal acetylenes is 1. The number of hydrogen-bond donors (Lipinski definition) is 2. The monoisotopic (exact) mass is 1550 g/mol. The quantitative estimate of drug-likeness (QED) is 0.00776. The first-order valence-corrected chi connectivity index (χ1v) is 39.6. The molecule has 4 fully saturated rings. The Morgan fingerprint density at radius 1 is 0.589 bits per heavy atom. The molecular weight excluding hydrogens is 1430 g/mol. The lowest BCUT2D eigenvalue weighted by Gasteiger charge is -2.27. The maximum atomic E-state index is 13.6. The number of carbonyl (C=O) groups is 12. The molecule has 4 bridgehead atoms. The highest BCUT2D eigenvalue weighted by atomic mass is 16.6. The average Bonchev–Trinajstić information content (AvgIpc) is 1.58. The highest BCUT2D eigenvalue weighted by molar-refractivity contribution is 6.07. The molecule has 28 nitrogen and oxygen atoms in total. The summed E-state index contributed by atoms with van der Waals surface area (Å²) < 4.78 is 21.7. The van der Waals surface area contributed by atoms with Gasteiger partial charge in [-0.1, -0.05) is 155 Å². The van der Waals surface area contributed by atoms with Crippen molar-refractivity contribution in [2.45, 2.75) is 202 Å². The molecule has 2 aromatic carbocycles. The van der Waals surface area contributed by atoms with Gasteiger partial charge in [-0.15, -0.1) is 11.5 Å². The number of ether oxygens (including phenoxy) is 4. The molecule has 112 heavy (non-hydrogen) atoms. The number of nitrogens with one attached hydrogen (secondary N) is 2. The van der Waals surface area contributed by atoms with Crippen LogP contribution < -0.4 is 10.6 Å². The van der Waals surface area contributed by atoms with E-state index in [1.54, 1.807) is 42.2 Å². The minimum absolute atomic E-state index is 0.00187. The summed E-state index contributed by atoms with van der Waals surface area (Å²) in [7, 11) is 2.85. The number of rotatable bonds is 45. The van der Waals surface area contributed by atoms with E-state index in [4.69, 9.17) is 30.9 Å². The van der Waals surface area contributed by atoms with Gasteiger partial charge in [-0.05, 0) is 132 Å². The summed E-state index contributed by atoms with van der Waals surface area (Å²) >= 11 is 0. The highest BCUT2D eigenvalue weighted by Crippen LogP contribution is 2.54. The lowest BCUT2D eigenvalue weighted by molar-refractivity contribution is -0.155. The van der Waals surface area contributed by atoms with E-state index in [9.17, 15) is 57.5 Å². The fourth-order valence-electron chi connectivity index (χ4n) is 15.2. The summed E-state index contributed by atoms with van der Waals surface area (Å²) in [6, 6.07) is 18.8. The maximum absolute atomic E-state index is 13.6. The fraction of sp³-hybridized carbons (Fsp3) is 0.619. The smallest absolute Gasteiger partial charge is 0.334 e. The van der Waals surface area contributed by atoms with E-state index in [0.717, 1.165) is 62.5 Å². The topological polar surface area (TPSA) is 358 Å². The summed E-state index contributed by atoms with van der Waals surface area (Å²) in [5.41, 5.74) is 10.0. The molecule has 608 valence electrons. The van der Waals surface area contributed by atoms with Crippen molar-refractivity contribution in [3.63, 3.8) is 0 Å². The second-order valence-corrected chi connectivity index (χ2v) is 31.4. The second-order valence-electron chi connectivity index (χ2n) is 31.4. The molecule has 2 saturated carbocycles.